The molecule has 6 nitrogen and oxygen atoms in total. The van der Waals surface area contributed by atoms with Gasteiger partial charge in [-0.05, 0) is 49.2 Å². The van der Waals surface area contributed by atoms with Gasteiger partial charge in [0.1, 0.15) is 11.5 Å². The number of hydrogen-bond acceptors (Lipinski definition) is 4. The predicted octanol–water partition coefficient (Wildman–Crippen LogP) is 2.78. The molecule has 0 radical (unpaired) electrons. The second-order valence-corrected chi connectivity index (χ2v) is 6.21. The van der Waals surface area contributed by atoms with Crippen molar-refractivity contribution in [1.29, 1.82) is 0 Å². The van der Waals surface area contributed by atoms with Crippen molar-refractivity contribution in [1.82, 2.24) is 4.90 Å². The number of likely N-dealkylation sites (tertiary alicyclic amines) is 1. The van der Waals surface area contributed by atoms with Gasteiger partial charge >= 0.3 is 0 Å². The van der Waals surface area contributed by atoms with E-state index in [2.05, 4.69) is 0 Å². The number of methoxy groups -OCH3 is 2. The lowest BCUT2D eigenvalue weighted by Crippen LogP contribution is -2.31. The summed E-state index contributed by atoms with van der Waals surface area (Å²) in [6.07, 6.45) is 1.73. The summed E-state index contributed by atoms with van der Waals surface area (Å²) in [5.41, 5.74) is 7.03. The number of carbonyl (C=O) groups is 2. The standard InChI is InChI=1S/C20H22N2O4/c1-25-15-8-9-18(26-2)16(12-15)17-7-4-10-22(17)20(24)14-6-3-5-13(11-14)19(21)23/h3,5-6,8-9,11-12,17H,4,7,10H2,1-2H3,(H2,21,23)/t17-/m1/s1. The van der Waals surface area contributed by atoms with Gasteiger partial charge in [0.25, 0.3) is 5.91 Å². The predicted molar refractivity (Wildman–Crippen MR) is 97.5 cm³/mol. The molecule has 1 fully saturated rings. The van der Waals surface area contributed by atoms with Gasteiger partial charge in [0.15, 0.2) is 0 Å². The van der Waals surface area contributed by atoms with E-state index in [0.717, 1.165) is 29.9 Å². The van der Waals surface area contributed by atoms with Crippen LogP contribution in [0.4, 0.5) is 0 Å². The molecule has 2 aromatic carbocycles. The topological polar surface area (TPSA) is 81.9 Å². The van der Waals surface area contributed by atoms with Gasteiger partial charge < -0.3 is 20.1 Å². The lowest BCUT2D eigenvalue weighted by atomic mass is 10.0. The lowest BCUT2D eigenvalue weighted by molar-refractivity contribution is 0.0734. The number of nitrogens with zero attached hydrogens (tertiary/aromatic N) is 1. The van der Waals surface area contributed by atoms with Crippen LogP contribution in [0.5, 0.6) is 11.5 Å². The summed E-state index contributed by atoms with van der Waals surface area (Å²) < 4.78 is 10.8. The molecule has 6 heteroatoms. The zero-order valence-corrected chi connectivity index (χ0v) is 14.9. The van der Waals surface area contributed by atoms with Crippen LogP contribution in [0.3, 0.4) is 0 Å². The molecular weight excluding hydrogens is 332 g/mol. The fourth-order valence-corrected chi connectivity index (χ4v) is 3.40. The summed E-state index contributed by atoms with van der Waals surface area (Å²) >= 11 is 0. The Morgan fingerprint density at radius 1 is 1.08 bits per heavy atom. The van der Waals surface area contributed by atoms with E-state index in [1.54, 1.807) is 38.5 Å². The molecule has 1 atom stereocenters. The summed E-state index contributed by atoms with van der Waals surface area (Å²) in [4.78, 5) is 26.3. The van der Waals surface area contributed by atoms with Crippen molar-refractivity contribution in [2.45, 2.75) is 18.9 Å². The number of rotatable bonds is 5. The molecule has 2 N–H and O–H groups in total. The molecule has 3 rings (SSSR count). The van der Waals surface area contributed by atoms with Crippen LogP contribution in [0.1, 0.15) is 45.2 Å². The third-order valence-electron chi connectivity index (χ3n) is 4.70. The highest BCUT2D eigenvalue weighted by Gasteiger charge is 2.32. The van der Waals surface area contributed by atoms with Gasteiger partial charge in [-0.3, -0.25) is 9.59 Å². The number of hydrogen-bond donors (Lipinski definition) is 1. The first-order valence-corrected chi connectivity index (χ1v) is 8.48. The molecule has 2 amide bonds. The minimum atomic E-state index is -0.549. The molecule has 0 unspecified atom stereocenters. The van der Waals surface area contributed by atoms with Crippen molar-refractivity contribution < 1.29 is 19.1 Å². The van der Waals surface area contributed by atoms with Crippen molar-refractivity contribution in [2.75, 3.05) is 20.8 Å². The van der Waals surface area contributed by atoms with Crippen LogP contribution in [0.15, 0.2) is 42.5 Å². The smallest absolute Gasteiger partial charge is 0.254 e. The van der Waals surface area contributed by atoms with Crippen LogP contribution in [0, 0.1) is 0 Å². The molecule has 26 heavy (non-hydrogen) atoms. The molecule has 1 aliphatic rings. The van der Waals surface area contributed by atoms with Crippen LogP contribution in [-0.4, -0.2) is 37.5 Å². The molecular formula is C20H22N2O4. The maximum absolute atomic E-state index is 13.1. The first-order valence-electron chi connectivity index (χ1n) is 8.48. The van der Waals surface area contributed by atoms with Crippen molar-refractivity contribution in [2.24, 2.45) is 5.73 Å². The van der Waals surface area contributed by atoms with E-state index in [-0.39, 0.29) is 11.9 Å². The SMILES string of the molecule is COc1ccc(OC)c([C@H]2CCCN2C(=O)c2cccc(C(N)=O)c2)c1. The lowest BCUT2D eigenvalue weighted by Gasteiger charge is -2.27. The third-order valence-corrected chi connectivity index (χ3v) is 4.70. The van der Waals surface area contributed by atoms with Gasteiger partial charge in [-0.1, -0.05) is 6.07 Å². The zero-order chi connectivity index (χ0) is 18.7. The summed E-state index contributed by atoms with van der Waals surface area (Å²) in [6, 6.07) is 12.0. The molecule has 0 spiro atoms. The number of benzene rings is 2. The first kappa shape index (κ1) is 17.8. The Labute approximate surface area is 152 Å². The van der Waals surface area contributed by atoms with E-state index in [4.69, 9.17) is 15.2 Å². The van der Waals surface area contributed by atoms with E-state index >= 15 is 0 Å². The molecule has 0 saturated carbocycles. The molecule has 0 bridgehead atoms. The number of ether oxygens (including phenoxy) is 2. The number of carbonyl (C=O) groups excluding carboxylic acids is 2. The van der Waals surface area contributed by atoms with E-state index in [0.29, 0.717) is 17.7 Å². The van der Waals surface area contributed by atoms with Gasteiger partial charge in [0.2, 0.25) is 5.91 Å². The average molecular weight is 354 g/mol. The second-order valence-electron chi connectivity index (χ2n) is 6.21. The van der Waals surface area contributed by atoms with Gasteiger partial charge in [0, 0.05) is 23.2 Å². The maximum atomic E-state index is 13.1. The first-order chi connectivity index (χ1) is 12.5. The van der Waals surface area contributed by atoms with Crippen molar-refractivity contribution in [3.8, 4) is 11.5 Å². The monoisotopic (exact) mass is 354 g/mol. The van der Waals surface area contributed by atoms with E-state index in [9.17, 15) is 9.59 Å². The summed E-state index contributed by atoms with van der Waals surface area (Å²) in [5.74, 6) is 0.768. The fourth-order valence-electron chi connectivity index (χ4n) is 3.40. The highest BCUT2D eigenvalue weighted by atomic mass is 16.5. The van der Waals surface area contributed by atoms with Crippen molar-refractivity contribution in [3.05, 3.63) is 59.2 Å². The van der Waals surface area contributed by atoms with E-state index < -0.39 is 5.91 Å². The Bertz CT molecular complexity index is 834. The Morgan fingerprint density at radius 3 is 2.54 bits per heavy atom. The summed E-state index contributed by atoms with van der Waals surface area (Å²) in [6.45, 7) is 0.644. The minimum Gasteiger partial charge on any atom is -0.497 e. The largest absolute Gasteiger partial charge is 0.497 e. The Balaban J connectivity index is 1.95. The second kappa shape index (κ2) is 7.47. The number of primary amides is 1. The molecule has 1 saturated heterocycles. The van der Waals surface area contributed by atoms with Crippen molar-refractivity contribution >= 4 is 11.8 Å². The summed E-state index contributed by atoms with van der Waals surface area (Å²) in [5, 5.41) is 0. The van der Waals surface area contributed by atoms with E-state index in [1.165, 1.54) is 0 Å². The summed E-state index contributed by atoms with van der Waals surface area (Å²) in [7, 11) is 3.22. The van der Waals surface area contributed by atoms with Gasteiger partial charge in [-0.25, -0.2) is 0 Å². The molecule has 0 aliphatic carbocycles. The average Bonchev–Trinajstić information content (AvgIpc) is 3.16. The van der Waals surface area contributed by atoms with E-state index in [1.807, 2.05) is 23.1 Å². The maximum Gasteiger partial charge on any atom is 0.254 e. The molecule has 2 aromatic rings. The molecule has 1 aliphatic heterocycles. The van der Waals surface area contributed by atoms with Crippen LogP contribution in [0.2, 0.25) is 0 Å². The van der Waals surface area contributed by atoms with Crippen LogP contribution in [0.25, 0.3) is 0 Å². The normalized spacial score (nSPS) is 16.4. The van der Waals surface area contributed by atoms with Crippen molar-refractivity contribution in [3.63, 3.8) is 0 Å². The Morgan fingerprint density at radius 2 is 1.85 bits per heavy atom. The molecule has 136 valence electrons. The van der Waals surface area contributed by atoms with Crippen LogP contribution in [-0.2, 0) is 0 Å². The van der Waals surface area contributed by atoms with Crippen LogP contribution >= 0.6 is 0 Å². The number of amides is 2. The van der Waals surface area contributed by atoms with Gasteiger partial charge in [-0.2, -0.15) is 0 Å². The van der Waals surface area contributed by atoms with Crippen LogP contribution < -0.4 is 15.2 Å². The minimum absolute atomic E-state index is 0.107. The zero-order valence-electron chi connectivity index (χ0n) is 14.9. The highest BCUT2D eigenvalue weighted by molar-refractivity contribution is 5.99. The Kier molecular flexibility index (Phi) is 5.11. The third kappa shape index (κ3) is 3.35. The van der Waals surface area contributed by atoms with Gasteiger partial charge in [0.05, 0.1) is 20.3 Å². The number of nitrogens with two attached hydrogens (primary N) is 1. The highest BCUT2D eigenvalue weighted by Crippen LogP contribution is 2.39. The molecule has 0 aromatic heterocycles. The van der Waals surface area contributed by atoms with Gasteiger partial charge in [-0.15, -0.1) is 0 Å². The quantitative estimate of drug-likeness (QED) is 0.895. The fraction of sp³-hybridized carbons (Fsp3) is 0.300. The Hall–Kier alpha value is -3.02. The molecule has 1 heterocycles.